The average molecular weight is 316 g/mol. The number of aryl methyl sites for hydroxylation is 1. The molecule has 1 amide bonds. The molecule has 6 nitrogen and oxygen atoms in total. The van der Waals surface area contributed by atoms with Crippen LogP contribution in [0, 0.1) is 12.8 Å². The van der Waals surface area contributed by atoms with Crippen LogP contribution in [0.2, 0.25) is 0 Å². The average Bonchev–Trinajstić information content (AvgIpc) is 3.05. The maximum atomic E-state index is 12.4. The first-order chi connectivity index (χ1) is 10.9. The molecule has 2 atom stereocenters. The Morgan fingerprint density at radius 3 is 2.61 bits per heavy atom. The van der Waals surface area contributed by atoms with Gasteiger partial charge >= 0.3 is 5.97 Å². The molecule has 0 bridgehead atoms. The number of hydrogen-bond donors (Lipinski definition) is 2. The molecule has 2 rings (SSSR count). The molecule has 122 valence electrons. The second-order valence-electron chi connectivity index (χ2n) is 5.48. The van der Waals surface area contributed by atoms with Crippen molar-refractivity contribution >= 4 is 11.9 Å². The number of aliphatic carboxylic acids is 1. The van der Waals surface area contributed by atoms with Gasteiger partial charge < -0.3 is 14.8 Å². The Morgan fingerprint density at radius 2 is 2.09 bits per heavy atom. The number of pyridine rings is 1. The molecule has 2 heterocycles. The van der Waals surface area contributed by atoms with Crippen molar-refractivity contribution in [2.75, 3.05) is 0 Å². The van der Waals surface area contributed by atoms with Gasteiger partial charge in [-0.2, -0.15) is 0 Å². The summed E-state index contributed by atoms with van der Waals surface area (Å²) in [6.45, 7) is 5.39. The van der Waals surface area contributed by atoms with Crippen molar-refractivity contribution in [2.24, 2.45) is 5.92 Å². The van der Waals surface area contributed by atoms with Crippen molar-refractivity contribution in [3.8, 4) is 11.5 Å². The maximum Gasteiger partial charge on any atom is 0.326 e. The van der Waals surface area contributed by atoms with Crippen molar-refractivity contribution in [1.82, 2.24) is 10.3 Å². The number of aromatic nitrogens is 1. The zero-order valence-corrected chi connectivity index (χ0v) is 13.4. The highest BCUT2D eigenvalue weighted by molar-refractivity contribution is 5.97. The summed E-state index contributed by atoms with van der Waals surface area (Å²) >= 11 is 0. The quantitative estimate of drug-likeness (QED) is 0.855. The van der Waals surface area contributed by atoms with E-state index in [2.05, 4.69) is 10.3 Å². The molecule has 0 saturated heterocycles. The molecule has 0 aliphatic rings. The topological polar surface area (TPSA) is 92.4 Å². The van der Waals surface area contributed by atoms with Crippen LogP contribution in [0.4, 0.5) is 0 Å². The molecule has 0 fully saturated rings. The summed E-state index contributed by atoms with van der Waals surface area (Å²) in [7, 11) is 0. The van der Waals surface area contributed by atoms with Crippen molar-refractivity contribution in [2.45, 2.75) is 33.2 Å². The molecule has 0 aliphatic heterocycles. The normalized spacial score (nSPS) is 13.3. The minimum Gasteiger partial charge on any atom is -0.480 e. The van der Waals surface area contributed by atoms with Crippen LogP contribution >= 0.6 is 0 Å². The Hall–Kier alpha value is -2.63. The van der Waals surface area contributed by atoms with E-state index in [-0.39, 0.29) is 5.92 Å². The second-order valence-corrected chi connectivity index (χ2v) is 5.48. The third-order valence-corrected chi connectivity index (χ3v) is 3.87. The van der Waals surface area contributed by atoms with Crippen LogP contribution < -0.4 is 5.32 Å². The lowest BCUT2D eigenvalue weighted by atomic mass is 9.99. The fraction of sp³-hybridized carbons (Fsp3) is 0.353. The van der Waals surface area contributed by atoms with E-state index < -0.39 is 17.9 Å². The number of nitrogens with zero attached hydrogens (tertiary/aromatic N) is 1. The Bertz CT molecular complexity index is 695. The largest absolute Gasteiger partial charge is 0.480 e. The number of carbonyl (C=O) groups is 2. The van der Waals surface area contributed by atoms with E-state index in [9.17, 15) is 14.7 Å². The fourth-order valence-electron chi connectivity index (χ4n) is 2.26. The standard InChI is InChI=1S/C17H20N2O4/c1-4-10(2)15(17(21)22)19-16(20)12-7-8-13(18-11(12)3)14-6-5-9-23-14/h5-10,15H,4H2,1-3H3,(H,19,20)(H,21,22)/t10-,15-/m0/s1. The van der Waals surface area contributed by atoms with Crippen LogP contribution in [0.1, 0.15) is 36.3 Å². The van der Waals surface area contributed by atoms with Crippen molar-refractivity contribution in [3.05, 3.63) is 41.8 Å². The van der Waals surface area contributed by atoms with Crippen LogP contribution in [0.15, 0.2) is 34.9 Å². The number of hydrogen-bond acceptors (Lipinski definition) is 4. The third kappa shape index (κ3) is 3.77. The summed E-state index contributed by atoms with van der Waals surface area (Å²) in [5.41, 5.74) is 1.50. The molecule has 2 N–H and O–H groups in total. The van der Waals surface area contributed by atoms with Gasteiger partial charge in [-0.05, 0) is 37.1 Å². The Labute approximate surface area is 134 Å². The summed E-state index contributed by atoms with van der Waals surface area (Å²) in [6, 6.07) is 5.93. The van der Waals surface area contributed by atoms with E-state index in [0.717, 1.165) is 0 Å². The summed E-state index contributed by atoms with van der Waals surface area (Å²) in [5, 5.41) is 11.8. The molecule has 0 radical (unpaired) electrons. The van der Waals surface area contributed by atoms with Gasteiger partial charge in [-0.25, -0.2) is 9.78 Å². The zero-order chi connectivity index (χ0) is 17.0. The van der Waals surface area contributed by atoms with Crippen LogP contribution in [-0.2, 0) is 4.79 Å². The first kappa shape index (κ1) is 16.7. The smallest absolute Gasteiger partial charge is 0.326 e. The number of amides is 1. The zero-order valence-electron chi connectivity index (χ0n) is 13.4. The molecule has 2 aromatic heterocycles. The Morgan fingerprint density at radius 1 is 1.35 bits per heavy atom. The molecule has 23 heavy (non-hydrogen) atoms. The van der Waals surface area contributed by atoms with E-state index in [0.29, 0.717) is 29.1 Å². The Kier molecular flexibility index (Phi) is 5.16. The Balaban J connectivity index is 2.21. The van der Waals surface area contributed by atoms with Crippen LogP contribution in [0.3, 0.4) is 0 Å². The summed E-state index contributed by atoms with van der Waals surface area (Å²) in [4.78, 5) is 28.0. The number of rotatable bonds is 6. The highest BCUT2D eigenvalue weighted by Gasteiger charge is 2.26. The lowest BCUT2D eigenvalue weighted by molar-refractivity contribution is -0.140. The van der Waals surface area contributed by atoms with Crippen LogP contribution in [0.25, 0.3) is 11.5 Å². The third-order valence-electron chi connectivity index (χ3n) is 3.87. The van der Waals surface area contributed by atoms with E-state index in [4.69, 9.17) is 4.42 Å². The van der Waals surface area contributed by atoms with Gasteiger partial charge in [0.05, 0.1) is 17.5 Å². The monoisotopic (exact) mass is 316 g/mol. The molecule has 0 saturated carbocycles. The van der Waals surface area contributed by atoms with Gasteiger partial charge in [-0.15, -0.1) is 0 Å². The summed E-state index contributed by atoms with van der Waals surface area (Å²) in [6.07, 6.45) is 2.21. The number of nitrogens with one attached hydrogen (secondary N) is 1. The van der Waals surface area contributed by atoms with E-state index in [1.165, 1.54) is 0 Å². The second kappa shape index (κ2) is 7.09. The van der Waals surface area contributed by atoms with E-state index in [1.807, 2.05) is 6.92 Å². The molecule has 0 unspecified atom stereocenters. The number of carbonyl (C=O) groups excluding carboxylic acids is 1. The van der Waals surface area contributed by atoms with Crippen molar-refractivity contribution < 1.29 is 19.1 Å². The molecule has 0 aliphatic carbocycles. The number of furan rings is 1. The van der Waals surface area contributed by atoms with Gasteiger partial charge in [-0.1, -0.05) is 20.3 Å². The lowest BCUT2D eigenvalue weighted by Gasteiger charge is -2.20. The minimum absolute atomic E-state index is 0.160. The van der Waals surface area contributed by atoms with Crippen LogP contribution in [-0.4, -0.2) is 28.0 Å². The molecular formula is C17H20N2O4. The first-order valence-corrected chi connectivity index (χ1v) is 7.49. The van der Waals surface area contributed by atoms with Gasteiger partial charge in [0, 0.05) is 0 Å². The fourth-order valence-corrected chi connectivity index (χ4v) is 2.26. The van der Waals surface area contributed by atoms with Crippen LogP contribution in [0.5, 0.6) is 0 Å². The molecule has 0 aromatic carbocycles. The number of carboxylic acid groups (broad SMARTS) is 1. The summed E-state index contributed by atoms with van der Waals surface area (Å²) in [5.74, 6) is -1.02. The van der Waals surface area contributed by atoms with Gasteiger partial charge in [0.2, 0.25) is 0 Å². The SMILES string of the molecule is CC[C@H](C)[C@H](NC(=O)c1ccc(-c2ccco2)nc1C)C(=O)O. The summed E-state index contributed by atoms with van der Waals surface area (Å²) < 4.78 is 5.28. The minimum atomic E-state index is -1.04. The predicted octanol–water partition coefficient (Wildman–Crippen LogP) is 2.88. The van der Waals surface area contributed by atoms with Gasteiger partial charge in [0.25, 0.3) is 5.91 Å². The molecule has 6 heteroatoms. The van der Waals surface area contributed by atoms with Crippen molar-refractivity contribution in [1.29, 1.82) is 0 Å². The molecule has 0 spiro atoms. The number of carboxylic acids is 1. The first-order valence-electron chi connectivity index (χ1n) is 7.49. The van der Waals surface area contributed by atoms with Gasteiger partial charge in [0.1, 0.15) is 11.7 Å². The van der Waals surface area contributed by atoms with Crippen molar-refractivity contribution in [3.63, 3.8) is 0 Å². The van der Waals surface area contributed by atoms with E-state index in [1.54, 1.807) is 44.4 Å². The molecule has 2 aromatic rings. The maximum absolute atomic E-state index is 12.4. The highest BCUT2D eigenvalue weighted by atomic mass is 16.4. The van der Waals surface area contributed by atoms with Gasteiger partial charge in [-0.3, -0.25) is 4.79 Å². The molecular weight excluding hydrogens is 296 g/mol. The lowest BCUT2D eigenvalue weighted by Crippen LogP contribution is -2.45. The predicted molar refractivity (Wildman–Crippen MR) is 85.0 cm³/mol. The highest BCUT2D eigenvalue weighted by Crippen LogP contribution is 2.19. The van der Waals surface area contributed by atoms with Gasteiger partial charge in [0.15, 0.2) is 5.76 Å². The van der Waals surface area contributed by atoms with E-state index >= 15 is 0 Å².